The topological polar surface area (TPSA) is 106 Å². The molecule has 0 aliphatic carbocycles. The summed E-state index contributed by atoms with van der Waals surface area (Å²) >= 11 is 0. The van der Waals surface area contributed by atoms with Gasteiger partial charge in [0.05, 0.1) is 30.2 Å². The molecular weight excluding hydrogens is 370 g/mol. The van der Waals surface area contributed by atoms with E-state index in [0.29, 0.717) is 28.7 Å². The van der Waals surface area contributed by atoms with Crippen LogP contribution in [0.3, 0.4) is 0 Å². The van der Waals surface area contributed by atoms with Crippen molar-refractivity contribution in [2.24, 2.45) is 0 Å². The fraction of sp³-hybridized carbons (Fsp3) is 0.381. The number of hydrogen-bond acceptors (Lipinski definition) is 7. The highest BCUT2D eigenvalue weighted by atomic mass is 16.5. The van der Waals surface area contributed by atoms with Crippen molar-refractivity contribution in [3.63, 3.8) is 0 Å². The standard InChI is InChI=1S/C21H25N5O3/c1-14-4-5-16(28)11-18(14)26-20(22)17(13-27)19-21(26)24-15(12-23-19)3-2-6-25-7-9-29-10-8-25/h4-5,11-13,28H,2-3,6-10,22H2,1H3. The van der Waals surface area contributed by atoms with Crippen LogP contribution < -0.4 is 5.73 Å². The van der Waals surface area contributed by atoms with Crippen LogP contribution in [0.5, 0.6) is 5.75 Å². The lowest BCUT2D eigenvalue weighted by molar-refractivity contribution is 0.0374. The van der Waals surface area contributed by atoms with Gasteiger partial charge in [0.2, 0.25) is 0 Å². The van der Waals surface area contributed by atoms with Crippen LogP contribution in [0.4, 0.5) is 5.82 Å². The molecule has 1 aromatic carbocycles. The minimum absolute atomic E-state index is 0.120. The van der Waals surface area contributed by atoms with Crippen molar-refractivity contribution >= 4 is 23.3 Å². The van der Waals surface area contributed by atoms with E-state index in [2.05, 4.69) is 9.88 Å². The second-order valence-electron chi connectivity index (χ2n) is 7.31. The van der Waals surface area contributed by atoms with Gasteiger partial charge in [0.25, 0.3) is 0 Å². The zero-order valence-corrected chi connectivity index (χ0v) is 16.5. The van der Waals surface area contributed by atoms with Crippen molar-refractivity contribution in [2.45, 2.75) is 19.8 Å². The van der Waals surface area contributed by atoms with Crippen LogP contribution in [0.1, 0.15) is 28.0 Å². The molecule has 8 heteroatoms. The average molecular weight is 395 g/mol. The molecule has 1 fully saturated rings. The van der Waals surface area contributed by atoms with E-state index in [9.17, 15) is 9.90 Å². The number of nitrogens with zero attached hydrogens (tertiary/aromatic N) is 4. The number of aromatic hydroxyl groups is 1. The number of phenols is 1. The van der Waals surface area contributed by atoms with Crippen molar-refractivity contribution in [3.8, 4) is 11.4 Å². The van der Waals surface area contributed by atoms with Gasteiger partial charge in [-0.05, 0) is 37.9 Å². The highest BCUT2D eigenvalue weighted by Gasteiger charge is 2.20. The molecule has 0 atom stereocenters. The van der Waals surface area contributed by atoms with Gasteiger partial charge in [-0.15, -0.1) is 0 Å². The van der Waals surface area contributed by atoms with Crippen LogP contribution in [0.25, 0.3) is 16.9 Å². The third-order valence-corrected chi connectivity index (χ3v) is 5.35. The summed E-state index contributed by atoms with van der Waals surface area (Å²) in [6.45, 7) is 6.40. The summed E-state index contributed by atoms with van der Waals surface area (Å²) in [7, 11) is 0. The molecule has 3 N–H and O–H groups in total. The van der Waals surface area contributed by atoms with E-state index in [0.717, 1.165) is 56.9 Å². The molecule has 1 saturated heterocycles. The first-order valence-electron chi connectivity index (χ1n) is 9.79. The predicted octanol–water partition coefficient (Wildman–Crippen LogP) is 2.09. The van der Waals surface area contributed by atoms with Crippen LogP contribution in [-0.4, -0.2) is 63.7 Å². The number of aldehydes is 1. The largest absolute Gasteiger partial charge is 0.508 e. The van der Waals surface area contributed by atoms with Crippen LogP contribution in [0.2, 0.25) is 0 Å². The molecule has 4 rings (SSSR count). The molecular formula is C21H25N5O3. The van der Waals surface area contributed by atoms with Crippen molar-refractivity contribution in [1.82, 2.24) is 19.4 Å². The van der Waals surface area contributed by atoms with Crippen molar-refractivity contribution in [1.29, 1.82) is 0 Å². The Labute approximate surface area is 168 Å². The van der Waals surface area contributed by atoms with Crippen molar-refractivity contribution < 1.29 is 14.6 Å². The first-order chi connectivity index (χ1) is 14.1. The maximum atomic E-state index is 11.6. The fourth-order valence-electron chi connectivity index (χ4n) is 3.74. The quantitative estimate of drug-likeness (QED) is 0.616. The number of aryl methyl sites for hydroxylation is 2. The molecule has 8 nitrogen and oxygen atoms in total. The van der Waals surface area contributed by atoms with E-state index in [1.807, 2.05) is 6.92 Å². The lowest BCUT2D eigenvalue weighted by Gasteiger charge is -2.26. The number of benzene rings is 1. The first-order valence-corrected chi connectivity index (χ1v) is 9.79. The van der Waals surface area contributed by atoms with E-state index >= 15 is 0 Å². The number of nitrogen functional groups attached to an aromatic ring is 1. The number of fused-ring (bicyclic) bond motifs is 1. The minimum Gasteiger partial charge on any atom is -0.508 e. The Balaban J connectivity index is 1.67. The van der Waals surface area contributed by atoms with Crippen LogP contribution >= 0.6 is 0 Å². The molecule has 152 valence electrons. The fourth-order valence-corrected chi connectivity index (χ4v) is 3.74. The number of rotatable bonds is 6. The summed E-state index contributed by atoms with van der Waals surface area (Å²) in [4.78, 5) is 23.3. The number of morpholine rings is 1. The van der Waals surface area contributed by atoms with Crippen molar-refractivity contribution in [3.05, 3.63) is 41.2 Å². The molecule has 1 aliphatic rings. The Morgan fingerprint density at radius 2 is 2.10 bits per heavy atom. The molecule has 2 aromatic heterocycles. The molecule has 0 spiro atoms. The van der Waals surface area contributed by atoms with Gasteiger partial charge in [-0.3, -0.25) is 19.2 Å². The zero-order chi connectivity index (χ0) is 20.4. The van der Waals surface area contributed by atoms with Gasteiger partial charge in [0.1, 0.15) is 17.1 Å². The summed E-state index contributed by atoms with van der Waals surface area (Å²) in [6, 6.07) is 5.03. The Kier molecular flexibility index (Phi) is 5.46. The Morgan fingerprint density at radius 1 is 1.31 bits per heavy atom. The van der Waals surface area contributed by atoms with E-state index in [-0.39, 0.29) is 11.6 Å². The van der Waals surface area contributed by atoms with Gasteiger partial charge in [-0.1, -0.05) is 6.07 Å². The highest BCUT2D eigenvalue weighted by molar-refractivity contribution is 6.01. The monoisotopic (exact) mass is 395 g/mol. The third kappa shape index (κ3) is 3.81. The van der Waals surface area contributed by atoms with Crippen LogP contribution in [0, 0.1) is 6.92 Å². The number of carbonyl (C=O) groups excluding carboxylic acids is 1. The van der Waals surface area contributed by atoms with Gasteiger partial charge < -0.3 is 15.6 Å². The van der Waals surface area contributed by atoms with Crippen molar-refractivity contribution in [2.75, 3.05) is 38.6 Å². The summed E-state index contributed by atoms with van der Waals surface area (Å²) in [6.07, 6.45) is 4.16. The van der Waals surface area contributed by atoms with Gasteiger partial charge in [0.15, 0.2) is 11.9 Å². The first kappa shape index (κ1) is 19.4. The van der Waals surface area contributed by atoms with Gasteiger partial charge in [0, 0.05) is 25.4 Å². The third-order valence-electron chi connectivity index (χ3n) is 5.35. The number of nitrogens with two attached hydrogens (primary N) is 1. The molecule has 0 saturated carbocycles. The molecule has 0 bridgehead atoms. The number of carbonyl (C=O) groups is 1. The molecule has 0 amide bonds. The Bertz CT molecular complexity index is 1040. The highest BCUT2D eigenvalue weighted by Crippen LogP contribution is 2.31. The average Bonchev–Trinajstić information content (AvgIpc) is 3.01. The summed E-state index contributed by atoms with van der Waals surface area (Å²) in [5.41, 5.74) is 10.0. The van der Waals surface area contributed by atoms with Gasteiger partial charge >= 0.3 is 0 Å². The van der Waals surface area contributed by atoms with Crippen LogP contribution in [-0.2, 0) is 11.2 Å². The van der Waals surface area contributed by atoms with Gasteiger partial charge in [-0.25, -0.2) is 4.98 Å². The number of aromatic nitrogens is 3. The molecule has 3 aromatic rings. The second kappa shape index (κ2) is 8.18. The Hall–Kier alpha value is -2.97. The number of hydrogen-bond donors (Lipinski definition) is 2. The molecule has 0 unspecified atom stereocenters. The lowest BCUT2D eigenvalue weighted by Crippen LogP contribution is -2.36. The molecule has 0 radical (unpaired) electrons. The maximum absolute atomic E-state index is 11.6. The normalized spacial score (nSPS) is 15.1. The number of anilines is 1. The lowest BCUT2D eigenvalue weighted by atomic mass is 10.2. The maximum Gasteiger partial charge on any atom is 0.166 e. The zero-order valence-electron chi connectivity index (χ0n) is 16.5. The Morgan fingerprint density at radius 3 is 2.86 bits per heavy atom. The summed E-state index contributed by atoms with van der Waals surface area (Å²) in [5, 5.41) is 9.95. The number of phenolic OH excluding ortho intramolecular Hbond substituents is 1. The predicted molar refractivity (Wildman–Crippen MR) is 111 cm³/mol. The smallest absolute Gasteiger partial charge is 0.166 e. The SMILES string of the molecule is Cc1ccc(O)cc1-n1c(N)c(C=O)c2ncc(CCCN3CCOCC3)nc21. The number of ether oxygens (including phenoxy) is 1. The molecule has 3 heterocycles. The summed E-state index contributed by atoms with van der Waals surface area (Å²) < 4.78 is 7.09. The minimum atomic E-state index is 0.120. The van der Waals surface area contributed by atoms with Gasteiger partial charge in [-0.2, -0.15) is 0 Å². The molecule has 29 heavy (non-hydrogen) atoms. The molecule has 1 aliphatic heterocycles. The van der Waals surface area contributed by atoms with E-state index in [1.54, 1.807) is 29.0 Å². The van der Waals surface area contributed by atoms with Crippen LogP contribution in [0.15, 0.2) is 24.4 Å². The second-order valence-corrected chi connectivity index (χ2v) is 7.31. The van der Waals surface area contributed by atoms with E-state index < -0.39 is 0 Å². The van der Waals surface area contributed by atoms with E-state index in [1.165, 1.54) is 0 Å². The summed E-state index contributed by atoms with van der Waals surface area (Å²) in [5.74, 6) is 0.392. The van der Waals surface area contributed by atoms with E-state index in [4.69, 9.17) is 15.5 Å².